The maximum Gasteiger partial charge on any atom is 0.326 e. The summed E-state index contributed by atoms with van der Waals surface area (Å²) in [7, 11) is 0. The van der Waals surface area contributed by atoms with Crippen LogP contribution < -0.4 is 27.4 Å². The smallest absolute Gasteiger partial charge is 0.326 e. The van der Waals surface area contributed by atoms with Crippen LogP contribution in [0, 0.1) is 0 Å². The van der Waals surface area contributed by atoms with E-state index < -0.39 is 73.1 Å². The monoisotopic (exact) mass is 451 g/mol. The van der Waals surface area contributed by atoms with E-state index in [9.17, 15) is 28.8 Å². The van der Waals surface area contributed by atoms with Crippen molar-refractivity contribution in [2.24, 2.45) is 11.5 Å². The second-order valence-electron chi connectivity index (χ2n) is 6.74. The summed E-state index contributed by atoms with van der Waals surface area (Å²) in [5.74, 6) is -6.75. The van der Waals surface area contributed by atoms with Gasteiger partial charge < -0.3 is 37.6 Å². The molecule has 9 N–H and O–H groups in total. The van der Waals surface area contributed by atoms with Gasteiger partial charge in [-0.1, -0.05) is 30.3 Å². The Morgan fingerprint density at radius 2 is 1.38 bits per heavy atom. The van der Waals surface area contributed by atoms with Gasteiger partial charge in [0.15, 0.2) is 0 Å². The third-order valence-electron chi connectivity index (χ3n) is 4.15. The molecule has 0 radical (unpaired) electrons. The van der Waals surface area contributed by atoms with Crippen molar-refractivity contribution in [3.63, 3.8) is 0 Å². The molecular formula is C19H25N5O8. The number of carbonyl (C=O) groups is 6. The van der Waals surface area contributed by atoms with E-state index in [4.69, 9.17) is 21.7 Å². The van der Waals surface area contributed by atoms with Gasteiger partial charge in [-0.2, -0.15) is 0 Å². The molecule has 13 nitrogen and oxygen atoms in total. The predicted molar refractivity (Wildman–Crippen MR) is 109 cm³/mol. The Hall–Kier alpha value is -4.00. The first kappa shape index (κ1) is 26.0. The molecule has 0 aliphatic heterocycles. The predicted octanol–water partition coefficient (Wildman–Crippen LogP) is -2.92. The average molecular weight is 451 g/mol. The van der Waals surface area contributed by atoms with Crippen molar-refractivity contribution in [2.75, 3.05) is 6.54 Å². The molecule has 0 saturated carbocycles. The summed E-state index contributed by atoms with van der Waals surface area (Å²) in [5.41, 5.74) is 10.9. The van der Waals surface area contributed by atoms with Gasteiger partial charge in [-0.3, -0.25) is 24.0 Å². The highest BCUT2D eigenvalue weighted by atomic mass is 16.4. The van der Waals surface area contributed by atoms with Crippen molar-refractivity contribution in [1.29, 1.82) is 0 Å². The van der Waals surface area contributed by atoms with Gasteiger partial charge in [0.2, 0.25) is 23.6 Å². The van der Waals surface area contributed by atoms with Crippen LogP contribution in [0.2, 0.25) is 0 Å². The molecule has 0 fully saturated rings. The molecule has 0 aliphatic rings. The van der Waals surface area contributed by atoms with Gasteiger partial charge in [-0.15, -0.1) is 0 Å². The van der Waals surface area contributed by atoms with E-state index in [2.05, 4.69) is 10.6 Å². The first-order chi connectivity index (χ1) is 15.0. The van der Waals surface area contributed by atoms with E-state index in [1.807, 2.05) is 5.32 Å². The Kier molecular flexibility index (Phi) is 10.3. The topological polar surface area (TPSA) is 231 Å². The van der Waals surface area contributed by atoms with E-state index in [-0.39, 0.29) is 6.42 Å². The first-order valence-corrected chi connectivity index (χ1v) is 9.40. The number of benzene rings is 1. The number of amides is 4. The zero-order valence-corrected chi connectivity index (χ0v) is 16.9. The quantitative estimate of drug-likeness (QED) is 0.162. The maximum atomic E-state index is 12.8. The number of primary amides is 1. The molecule has 0 aliphatic carbocycles. The Labute approximate surface area is 182 Å². The summed E-state index contributed by atoms with van der Waals surface area (Å²) in [6.45, 7) is -0.412. The summed E-state index contributed by atoms with van der Waals surface area (Å²) in [6, 6.07) is 3.94. The Bertz CT molecular complexity index is 861. The Morgan fingerprint density at radius 3 is 1.88 bits per heavy atom. The number of carboxylic acids is 2. The normalized spacial score (nSPS) is 13.2. The molecule has 174 valence electrons. The molecule has 32 heavy (non-hydrogen) atoms. The lowest BCUT2D eigenvalue weighted by molar-refractivity contribution is -0.144. The summed E-state index contributed by atoms with van der Waals surface area (Å²) in [4.78, 5) is 70.4. The molecule has 3 unspecified atom stereocenters. The van der Waals surface area contributed by atoms with Crippen LogP contribution >= 0.6 is 0 Å². The fourth-order valence-electron chi connectivity index (χ4n) is 2.64. The third kappa shape index (κ3) is 9.21. The molecule has 0 saturated heterocycles. The summed E-state index contributed by atoms with van der Waals surface area (Å²) >= 11 is 0. The highest BCUT2D eigenvalue weighted by Crippen LogP contribution is 2.05. The van der Waals surface area contributed by atoms with E-state index in [1.165, 1.54) is 0 Å². The van der Waals surface area contributed by atoms with Crippen molar-refractivity contribution in [3.05, 3.63) is 35.9 Å². The van der Waals surface area contributed by atoms with Crippen LogP contribution in [0.1, 0.15) is 18.4 Å². The molecule has 3 atom stereocenters. The highest BCUT2D eigenvalue weighted by molar-refractivity contribution is 5.96. The number of hydrogen-bond acceptors (Lipinski definition) is 7. The zero-order chi connectivity index (χ0) is 24.3. The minimum Gasteiger partial charge on any atom is -0.481 e. The molecular weight excluding hydrogens is 426 g/mol. The van der Waals surface area contributed by atoms with E-state index in [0.29, 0.717) is 5.56 Å². The largest absolute Gasteiger partial charge is 0.481 e. The van der Waals surface area contributed by atoms with Crippen LogP contribution in [0.15, 0.2) is 30.3 Å². The van der Waals surface area contributed by atoms with Crippen LogP contribution in [0.4, 0.5) is 0 Å². The van der Waals surface area contributed by atoms with E-state index >= 15 is 0 Å². The summed E-state index contributed by atoms with van der Waals surface area (Å²) in [5, 5.41) is 24.8. The van der Waals surface area contributed by atoms with Crippen molar-refractivity contribution >= 4 is 35.6 Å². The highest BCUT2D eigenvalue weighted by Gasteiger charge is 2.31. The number of carboxylic acid groups (broad SMARTS) is 2. The third-order valence-corrected chi connectivity index (χ3v) is 4.15. The molecule has 0 heterocycles. The molecule has 1 aromatic carbocycles. The number of aliphatic carboxylic acids is 2. The van der Waals surface area contributed by atoms with Gasteiger partial charge in [0, 0.05) is 6.42 Å². The van der Waals surface area contributed by atoms with Gasteiger partial charge in [-0.05, 0) is 5.56 Å². The molecule has 0 bridgehead atoms. The standard InChI is InChI=1S/C19H25N5O8/c20-9-15(26)22-11(6-10-4-2-1-3-5-10)17(29)23-12(8-16(27)28)18(30)24-13(19(31)32)7-14(21)25/h1-5,11-13H,6-9,20H2,(H2,21,25)(H,22,26)(H,23,29)(H,24,30)(H,27,28)(H,31,32). The average Bonchev–Trinajstić information content (AvgIpc) is 2.72. The summed E-state index contributed by atoms with van der Waals surface area (Å²) in [6.07, 6.45) is -1.61. The number of rotatable bonds is 13. The van der Waals surface area contributed by atoms with Crippen LogP contribution in [0.25, 0.3) is 0 Å². The second kappa shape index (κ2) is 12.6. The van der Waals surface area contributed by atoms with Crippen molar-refractivity contribution < 1.29 is 39.0 Å². The molecule has 0 spiro atoms. The van der Waals surface area contributed by atoms with Crippen LogP contribution in [-0.2, 0) is 35.2 Å². The summed E-state index contributed by atoms with van der Waals surface area (Å²) < 4.78 is 0. The number of hydrogen-bond donors (Lipinski definition) is 7. The lowest BCUT2D eigenvalue weighted by Crippen LogP contribution is -2.57. The first-order valence-electron chi connectivity index (χ1n) is 9.40. The minimum absolute atomic E-state index is 0.0131. The molecule has 1 rings (SSSR count). The van der Waals surface area contributed by atoms with E-state index in [0.717, 1.165) is 0 Å². The lowest BCUT2D eigenvalue weighted by Gasteiger charge is -2.23. The minimum atomic E-state index is -1.72. The van der Waals surface area contributed by atoms with Crippen LogP contribution in [0.5, 0.6) is 0 Å². The number of carbonyl (C=O) groups excluding carboxylic acids is 4. The maximum absolute atomic E-state index is 12.8. The molecule has 4 amide bonds. The van der Waals surface area contributed by atoms with Crippen LogP contribution in [-0.4, -0.2) is 70.5 Å². The van der Waals surface area contributed by atoms with Gasteiger partial charge >= 0.3 is 11.9 Å². The van der Waals surface area contributed by atoms with Crippen molar-refractivity contribution in [3.8, 4) is 0 Å². The Morgan fingerprint density at radius 1 is 0.812 bits per heavy atom. The van der Waals surface area contributed by atoms with Gasteiger partial charge in [-0.25, -0.2) is 4.79 Å². The van der Waals surface area contributed by atoms with E-state index in [1.54, 1.807) is 30.3 Å². The zero-order valence-electron chi connectivity index (χ0n) is 16.9. The molecule has 13 heteroatoms. The van der Waals surface area contributed by atoms with Crippen molar-refractivity contribution in [1.82, 2.24) is 16.0 Å². The fraction of sp³-hybridized carbons (Fsp3) is 0.368. The number of nitrogens with two attached hydrogens (primary N) is 2. The second-order valence-corrected chi connectivity index (χ2v) is 6.74. The lowest BCUT2D eigenvalue weighted by atomic mass is 10.0. The van der Waals surface area contributed by atoms with Gasteiger partial charge in [0.05, 0.1) is 19.4 Å². The fourth-order valence-corrected chi connectivity index (χ4v) is 2.64. The van der Waals surface area contributed by atoms with Crippen LogP contribution in [0.3, 0.4) is 0 Å². The van der Waals surface area contributed by atoms with Gasteiger partial charge in [0.25, 0.3) is 0 Å². The van der Waals surface area contributed by atoms with Crippen molar-refractivity contribution in [2.45, 2.75) is 37.4 Å². The molecule has 0 aromatic heterocycles. The Balaban J connectivity index is 3.03. The SMILES string of the molecule is NCC(=O)NC(Cc1ccccc1)C(=O)NC(CC(=O)O)C(=O)NC(CC(N)=O)C(=O)O. The molecule has 1 aromatic rings. The number of nitrogens with one attached hydrogen (secondary N) is 3. The van der Waals surface area contributed by atoms with Gasteiger partial charge in [0.1, 0.15) is 18.1 Å².